The molecule has 2 N–H and O–H groups in total. The van der Waals surface area contributed by atoms with Gasteiger partial charge >= 0.3 is 11.9 Å². The standard InChI is InChI=1S/C11H18N2O6/c1-8(14)5-12(6-10(16)17)3-4-13(9(2)15)7-11(18)19/h3-7H2,1-2H3,(H,16,17)(H,18,19). The molecule has 0 rings (SSSR count). The first-order valence-electron chi connectivity index (χ1n) is 5.63. The van der Waals surface area contributed by atoms with E-state index in [-0.39, 0.29) is 32.0 Å². The summed E-state index contributed by atoms with van der Waals surface area (Å²) in [4.78, 5) is 45.8. The largest absolute Gasteiger partial charge is 0.480 e. The summed E-state index contributed by atoms with van der Waals surface area (Å²) in [5.74, 6) is -2.85. The maximum absolute atomic E-state index is 11.2. The maximum atomic E-state index is 11.2. The van der Waals surface area contributed by atoms with E-state index < -0.39 is 24.4 Å². The Labute approximate surface area is 110 Å². The molecule has 0 aromatic carbocycles. The second-order valence-electron chi connectivity index (χ2n) is 4.14. The summed E-state index contributed by atoms with van der Waals surface area (Å²) in [6.45, 7) is 1.91. The third kappa shape index (κ3) is 8.72. The maximum Gasteiger partial charge on any atom is 0.323 e. The average molecular weight is 274 g/mol. The van der Waals surface area contributed by atoms with Gasteiger partial charge in [0.1, 0.15) is 12.3 Å². The summed E-state index contributed by atoms with van der Waals surface area (Å²) in [7, 11) is 0. The van der Waals surface area contributed by atoms with E-state index in [9.17, 15) is 19.2 Å². The number of hydrogen-bond donors (Lipinski definition) is 2. The van der Waals surface area contributed by atoms with Gasteiger partial charge in [-0.15, -0.1) is 0 Å². The number of rotatable bonds is 9. The molecular formula is C11H18N2O6. The van der Waals surface area contributed by atoms with Crippen molar-refractivity contribution in [2.75, 3.05) is 32.7 Å². The van der Waals surface area contributed by atoms with Crippen LogP contribution in [0.15, 0.2) is 0 Å². The Hall–Kier alpha value is -1.96. The Morgan fingerprint density at radius 1 is 0.842 bits per heavy atom. The molecule has 0 spiro atoms. The van der Waals surface area contributed by atoms with Crippen molar-refractivity contribution in [3.63, 3.8) is 0 Å². The van der Waals surface area contributed by atoms with E-state index in [0.717, 1.165) is 4.90 Å². The molecule has 108 valence electrons. The minimum Gasteiger partial charge on any atom is -0.480 e. The summed E-state index contributed by atoms with van der Waals surface area (Å²) in [6, 6.07) is 0. The first-order chi connectivity index (χ1) is 8.72. The second kappa shape index (κ2) is 8.20. The van der Waals surface area contributed by atoms with Crippen molar-refractivity contribution in [3.05, 3.63) is 0 Å². The number of Topliss-reactive ketones (excluding diaryl/α,β-unsaturated/α-hetero) is 1. The Morgan fingerprint density at radius 2 is 1.37 bits per heavy atom. The summed E-state index contributed by atoms with van der Waals surface area (Å²) >= 11 is 0. The fourth-order valence-corrected chi connectivity index (χ4v) is 1.49. The quantitative estimate of drug-likeness (QED) is 0.548. The van der Waals surface area contributed by atoms with Crippen LogP contribution in [0.3, 0.4) is 0 Å². The second-order valence-corrected chi connectivity index (χ2v) is 4.14. The fourth-order valence-electron chi connectivity index (χ4n) is 1.49. The third-order valence-corrected chi connectivity index (χ3v) is 2.26. The first-order valence-corrected chi connectivity index (χ1v) is 5.63. The highest BCUT2D eigenvalue weighted by atomic mass is 16.4. The van der Waals surface area contributed by atoms with Gasteiger partial charge < -0.3 is 15.1 Å². The minimum absolute atomic E-state index is 0.0505. The van der Waals surface area contributed by atoms with Gasteiger partial charge in [-0.2, -0.15) is 0 Å². The molecule has 1 amide bonds. The van der Waals surface area contributed by atoms with E-state index in [1.54, 1.807) is 0 Å². The number of nitrogens with zero attached hydrogens (tertiary/aromatic N) is 2. The summed E-state index contributed by atoms with van der Waals surface area (Å²) < 4.78 is 0. The minimum atomic E-state index is -1.15. The van der Waals surface area contributed by atoms with E-state index in [1.807, 2.05) is 0 Å². The Morgan fingerprint density at radius 3 is 1.74 bits per heavy atom. The van der Waals surface area contributed by atoms with Crippen LogP contribution < -0.4 is 0 Å². The SMILES string of the molecule is CC(=O)CN(CCN(CC(=O)O)C(C)=O)CC(=O)O. The normalized spacial score (nSPS) is 10.3. The number of carboxylic acids is 2. The predicted molar refractivity (Wildman–Crippen MR) is 64.6 cm³/mol. The molecule has 0 aromatic rings. The third-order valence-electron chi connectivity index (χ3n) is 2.26. The van der Waals surface area contributed by atoms with Gasteiger partial charge in [0, 0.05) is 20.0 Å². The summed E-state index contributed by atoms with van der Waals surface area (Å²) in [5, 5.41) is 17.3. The highest BCUT2D eigenvalue weighted by molar-refractivity contribution is 5.80. The van der Waals surface area contributed by atoms with Crippen LogP contribution in [-0.4, -0.2) is 76.4 Å². The molecule has 0 saturated carbocycles. The highest BCUT2D eigenvalue weighted by Gasteiger charge is 2.16. The van der Waals surface area contributed by atoms with Crippen molar-refractivity contribution < 1.29 is 29.4 Å². The molecule has 0 fully saturated rings. The average Bonchev–Trinajstić information content (AvgIpc) is 2.21. The molecule has 0 atom stereocenters. The lowest BCUT2D eigenvalue weighted by Gasteiger charge is -2.24. The van der Waals surface area contributed by atoms with Gasteiger partial charge in [-0.05, 0) is 6.92 Å². The van der Waals surface area contributed by atoms with Gasteiger partial charge in [-0.1, -0.05) is 0 Å². The van der Waals surface area contributed by atoms with Crippen LogP contribution in [0.25, 0.3) is 0 Å². The molecule has 0 aromatic heterocycles. The van der Waals surface area contributed by atoms with Crippen molar-refractivity contribution in [1.82, 2.24) is 9.80 Å². The van der Waals surface area contributed by atoms with Crippen molar-refractivity contribution >= 4 is 23.6 Å². The molecule has 0 aliphatic rings. The number of carbonyl (C=O) groups is 4. The smallest absolute Gasteiger partial charge is 0.323 e. The van der Waals surface area contributed by atoms with Gasteiger partial charge in [-0.3, -0.25) is 24.1 Å². The Bertz CT molecular complexity index is 352. The molecular weight excluding hydrogens is 256 g/mol. The number of carboxylic acid groups (broad SMARTS) is 2. The zero-order valence-electron chi connectivity index (χ0n) is 11.0. The van der Waals surface area contributed by atoms with Gasteiger partial charge in [0.05, 0.1) is 13.1 Å². The molecule has 19 heavy (non-hydrogen) atoms. The van der Waals surface area contributed by atoms with E-state index in [4.69, 9.17) is 10.2 Å². The molecule has 0 unspecified atom stereocenters. The number of ketones is 1. The lowest BCUT2D eigenvalue weighted by Crippen LogP contribution is -2.43. The first kappa shape index (κ1) is 17.0. The van der Waals surface area contributed by atoms with E-state index >= 15 is 0 Å². The van der Waals surface area contributed by atoms with Crippen LogP contribution in [0.2, 0.25) is 0 Å². The van der Waals surface area contributed by atoms with E-state index in [2.05, 4.69) is 0 Å². The molecule has 0 radical (unpaired) electrons. The summed E-state index contributed by atoms with van der Waals surface area (Å²) in [5.41, 5.74) is 0. The number of hydrogen-bond acceptors (Lipinski definition) is 5. The van der Waals surface area contributed by atoms with Gasteiger partial charge in [0.2, 0.25) is 5.91 Å². The monoisotopic (exact) mass is 274 g/mol. The molecule has 0 heterocycles. The van der Waals surface area contributed by atoms with Crippen molar-refractivity contribution in [2.24, 2.45) is 0 Å². The fraction of sp³-hybridized carbons (Fsp3) is 0.636. The van der Waals surface area contributed by atoms with Crippen LogP contribution >= 0.6 is 0 Å². The molecule has 8 nitrogen and oxygen atoms in total. The zero-order valence-corrected chi connectivity index (χ0v) is 11.0. The van der Waals surface area contributed by atoms with Crippen molar-refractivity contribution in [2.45, 2.75) is 13.8 Å². The van der Waals surface area contributed by atoms with Crippen molar-refractivity contribution in [3.8, 4) is 0 Å². The number of carbonyl (C=O) groups excluding carboxylic acids is 2. The van der Waals surface area contributed by atoms with Crippen molar-refractivity contribution in [1.29, 1.82) is 0 Å². The highest BCUT2D eigenvalue weighted by Crippen LogP contribution is 1.95. The number of amides is 1. The van der Waals surface area contributed by atoms with Gasteiger partial charge in [0.25, 0.3) is 0 Å². The summed E-state index contributed by atoms with van der Waals surface area (Å²) in [6.07, 6.45) is 0. The Balaban J connectivity index is 4.47. The molecule has 8 heteroatoms. The molecule has 0 bridgehead atoms. The lowest BCUT2D eigenvalue weighted by molar-refractivity contribution is -0.144. The van der Waals surface area contributed by atoms with Crippen LogP contribution in [0.1, 0.15) is 13.8 Å². The molecule has 0 aliphatic carbocycles. The van der Waals surface area contributed by atoms with Crippen LogP contribution in [-0.2, 0) is 19.2 Å². The predicted octanol–water partition coefficient (Wildman–Crippen LogP) is -1.10. The van der Waals surface area contributed by atoms with E-state index in [0.29, 0.717) is 0 Å². The zero-order chi connectivity index (χ0) is 15.0. The molecule has 0 aliphatic heterocycles. The molecule has 0 saturated heterocycles. The number of aliphatic carboxylic acids is 2. The van der Waals surface area contributed by atoms with Crippen LogP contribution in [0.5, 0.6) is 0 Å². The van der Waals surface area contributed by atoms with Gasteiger partial charge in [-0.25, -0.2) is 0 Å². The topological polar surface area (TPSA) is 115 Å². The van der Waals surface area contributed by atoms with Crippen LogP contribution in [0.4, 0.5) is 0 Å². The Kier molecular flexibility index (Phi) is 7.35. The van der Waals surface area contributed by atoms with Crippen LogP contribution in [0, 0.1) is 0 Å². The lowest BCUT2D eigenvalue weighted by atomic mass is 10.3. The van der Waals surface area contributed by atoms with E-state index in [1.165, 1.54) is 18.7 Å². The van der Waals surface area contributed by atoms with Gasteiger partial charge in [0.15, 0.2) is 0 Å².